The lowest BCUT2D eigenvalue weighted by atomic mass is 9.97. The van der Waals surface area contributed by atoms with Gasteiger partial charge >= 0.3 is 0 Å². The molecule has 0 bridgehead atoms. The van der Waals surface area contributed by atoms with Gasteiger partial charge in [-0.05, 0) is 61.2 Å². The van der Waals surface area contributed by atoms with Crippen LogP contribution in [-0.2, 0) is 6.54 Å². The summed E-state index contributed by atoms with van der Waals surface area (Å²) in [6, 6.07) is 16.9. The van der Waals surface area contributed by atoms with Crippen LogP contribution in [0, 0.1) is 26.6 Å². The number of aryl methyl sites for hydroxylation is 3. The molecule has 1 unspecified atom stereocenters. The van der Waals surface area contributed by atoms with E-state index in [0.29, 0.717) is 28.6 Å². The molecule has 0 saturated carbocycles. The van der Waals surface area contributed by atoms with Gasteiger partial charge in [0.2, 0.25) is 5.76 Å². The van der Waals surface area contributed by atoms with Crippen molar-refractivity contribution in [2.45, 2.75) is 33.4 Å². The number of rotatable bonds is 3. The van der Waals surface area contributed by atoms with Crippen LogP contribution in [0.15, 0.2) is 69.9 Å². The Hall–Kier alpha value is -3.73. The van der Waals surface area contributed by atoms with Crippen molar-refractivity contribution < 1.29 is 13.6 Å². The number of halogens is 1. The fraction of sp³-hybridized carbons (Fsp3) is 0.185. The summed E-state index contributed by atoms with van der Waals surface area (Å²) in [7, 11) is 0. The zero-order valence-corrected chi connectivity index (χ0v) is 18.1. The van der Waals surface area contributed by atoms with E-state index in [1.807, 2.05) is 51.1 Å². The fourth-order valence-electron chi connectivity index (χ4n) is 4.52. The summed E-state index contributed by atoms with van der Waals surface area (Å²) in [6.45, 7) is 6.09. The molecule has 0 aliphatic carbocycles. The smallest absolute Gasteiger partial charge is 0.291 e. The number of benzene rings is 3. The van der Waals surface area contributed by atoms with E-state index in [9.17, 15) is 14.0 Å². The Bertz CT molecular complexity index is 1420. The largest absolute Gasteiger partial charge is 0.450 e. The minimum Gasteiger partial charge on any atom is -0.450 e. The molecule has 0 saturated heterocycles. The molecule has 1 aliphatic rings. The highest BCUT2D eigenvalue weighted by molar-refractivity contribution is 5.99. The van der Waals surface area contributed by atoms with Crippen LogP contribution in [0.2, 0.25) is 0 Å². The van der Waals surface area contributed by atoms with E-state index in [0.717, 1.165) is 22.3 Å². The third-order valence-electron chi connectivity index (χ3n) is 6.06. The predicted octanol–water partition coefficient (Wildman–Crippen LogP) is 5.60. The van der Waals surface area contributed by atoms with Gasteiger partial charge in [0.1, 0.15) is 11.4 Å². The second-order valence-electron chi connectivity index (χ2n) is 8.51. The van der Waals surface area contributed by atoms with Crippen LogP contribution in [0.5, 0.6) is 0 Å². The van der Waals surface area contributed by atoms with Crippen molar-refractivity contribution in [1.29, 1.82) is 0 Å². The Morgan fingerprint density at radius 2 is 1.59 bits per heavy atom. The van der Waals surface area contributed by atoms with Gasteiger partial charge in [0.05, 0.1) is 17.0 Å². The van der Waals surface area contributed by atoms with Crippen molar-refractivity contribution >= 4 is 16.9 Å². The Labute approximate surface area is 184 Å². The molecule has 0 radical (unpaired) electrons. The molecule has 5 heteroatoms. The number of carbonyl (C=O) groups is 1. The molecule has 160 valence electrons. The number of fused-ring (bicyclic) bond motifs is 2. The van der Waals surface area contributed by atoms with E-state index in [1.165, 1.54) is 12.1 Å². The molecule has 4 aromatic rings. The van der Waals surface area contributed by atoms with Crippen LogP contribution >= 0.6 is 0 Å². The first-order valence-corrected chi connectivity index (χ1v) is 10.5. The van der Waals surface area contributed by atoms with Crippen LogP contribution in [-0.4, -0.2) is 10.8 Å². The highest BCUT2D eigenvalue weighted by Gasteiger charge is 2.42. The van der Waals surface area contributed by atoms with Gasteiger partial charge in [-0.15, -0.1) is 0 Å². The van der Waals surface area contributed by atoms with Crippen LogP contribution in [0.4, 0.5) is 4.39 Å². The molecule has 3 aromatic carbocycles. The summed E-state index contributed by atoms with van der Waals surface area (Å²) >= 11 is 0. The minimum absolute atomic E-state index is 0.0656. The second kappa shape index (κ2) is 7.45. The van der Waals surface area contributed by atoms with Crippen LogP contribution < -0.4 is 5.43 Å². The average Bonchev–Trinajstić information content (AvgIpc) is 3.03. The number of hydrogen-bond acceptors (Lipinski definition) is 3. The minimum atomic E-state index is -0.652. The molecule has 1 atom stereocenters. The quantitative estimate of drug-likeness (QED) is 0.427. The summed E-state index contributed by atoms with van der Waals surface area (Å²) in [5.74, 6) is -0.648. The van der Waals surface area contributed by atoms with Crippen LogP contribution in [0.3, 0.4) is 0 Å². The summed E-state index contributed by atoms with van der Waals surface area (Å²) in [6.07, 6.45) is 0. The maximum atomic E-state index is 13.7. The van der Waals surface area contributed by atoms with Crippen molar-refractivity contribution in [3.05, 3.63) is 116 Å². The molecule has 5 rings (SSSR count). The lowest BCUT2D eigenvalue weighted by molar-refractivity contribution is 0.0714. The van der Waals surface area contributed by atoms with Gasteiger partial charge in [-0.2, -0.15) is 0 Å². The first-order chi connectivity index (χ1) is 15.3. The molecule has 0 N–H and O–H groups in total. The third-order valence-corrected chi connectivity index (χ3v) is 6.06. The molecule has 2 heterocycles. The Balaban J connectivity index is 1.74. The normalized spacial score (nSPS) is 15.4. The van der Waals surface area contributed by atoms with E-state index >= 15 is 0 Å². The number of amides is 1. The molecule has 1 amide bonds. The van der Waals surface area contributed by atoms with Crippen molar-refractivity contribution in [2.24, 2.45) is 0 Å². The number of carbonyl (C=O) groups excluding carboxylic acids is 1. The van der Waals surface area contributed by atoms with Gasteiger partial charge in [0.15, 0.2) is 5.43 Å². The van der Waals surface area contributed by atoms with Crippen molar-refractivity contribution in [2.75, 3.05) is 0 Å². The van der Waals surface area contributed by atoms with Gasteiger partial charge in [0, 0.05) is 6.54 Å². The summed E-state index contributed by atoms with van der Waals surface area (Å²) in [5, 5.41) is 0.457. The van der Waals surface area contributed by atoms with E-state index in [1.54, 1.807) is 23.1 Å². The van der Waals surface area contributed by atoms with Crippen LogP contribution in [0.25, 0.3) is 11.0 Å². The lowest BCUT2D eigenvalue weighted by Crippen LogP contribution is -2.29. The zero-order chi connectivity index (χ0) is 22.6. The standard InChI is InChI=1S/C27H22FNO3/c1-15-4-6-18(7-5-15)14-29-23(19-8-10-20(28)11-9-19)22-24(30)21-13-16(2)12-17(3)25(21)32-26(22)27(29)31/h4-13,23H,14H2,1-3H3. The molecule has 1 aliphatic heterocycles. The third kappa shape index (κ3) is 3.21. The van der Waals surface area contributed by atoms with E-state index in [4.69, 9.17) is 4.42 Å². The molecule has 4 nitrogen and oxygen atoms in total. The van der Waals surface area contributed by atoms with E-state index in [-0.39, 0.29) is 22.9 Å². The fourth-order valence-corrected chi connectivity index (χ4v) is 4.52. The van der Waals surface area contributed by atoms with E-state index in [2.05, 4.69) is 0 Å². The van der Waals surface area contributed by atoms with Gasteiger partial charge in [-0.3, -0.25) is 9.59 Å². The van der Waals surface area contributed by atoms with Crippen molar-refractivity contribution in [3.63, 3.8) is 0 Å². The molecule has 0 fully saturated rings. The van der Waals surface area contributed by atoms with Gasteiger partial charge < -0.3 is 9.32 Å². The molecular formula is C27H22FNO3. The summed E-state index contributed by atoms with van der Waals surface area (Å²) in [5.41, 5.74) is 5.00. The Kier molecular flexibility index (Phi) is 4.70. The van der Waals surface area contributed by atoms with Crippen molar-refractivity contribution in [3.8, 4) is 0 Å². The van der Waals surface area contributed by atoms with E-state index < -0.39 is 6.04 Å². The molecule has 1 aromatic heterocycles. The number of nitrogens with zero attached hydrogens (tertiary/aromatic N) is 1. The molecule has 0 spiro atoms. The monoisotopic (exact) mass is 427 g/mol. The highest BCUT2D eigenvalue weighted by atomic mass is 19.1. The maximum Gasteiger partial charge on any atom is 0.291 e. The van der Waals surface area contributed by atoms with Crippen molar-refractivity contribution in [1.82, 2.24) is 4.90 Å². The maximum absolute atomic E-state index is 13.7. The summed E-state index contributed by atoms with van der Waals surface area (Å²) < 4.78 is 19.7. The Morgan fingerprint density at radius 1 is 0.906 bits per heavy atom. The Morgan fingerprint density at radius 3 is 2.28 bits per heavy atom. The highest BCUT2D eigenvalue weighted by Crippen LogP contribution is 2.39. The lowest BCUT2D eigenvalue weighted by Gasteiger charge is -2.25. The molecular weight excluding hydrogens is 405 g/mol. The first-order valence-electron chi connectivity index (χ1n) is 10.5. The number of hydrogen-bond donors (Lipinski definition) is 0. The summed E-state index contributed by atoms with van der Waals surface area (Å²) in [4.78, 5) is 28.8. The predicted molar refractivity (Wildman–Crippen MR) is 121 cm³/mol. The zero-order valence-electron chi connectivity index (χ0n) is 18.1. The molecule has 32 heavy (non-hydrogen) atoms. The average molecular weight is 427 g/mol. The van der Waals surface area contributed by atoms with Gasteiger partial charge in [0.25, 0.3) is 5.91 Å². The van der Waals surface area contributed by atoms with Gasteiger partial charge in [-0.1, -0.05) is 48.0 Å². The SMILES string of the molecule is Cc1ccc(CN2C(=O)c3oc4c(C)cc(C)cc4c(=O)c3C2c2ccc(F)cc2)cc1. The first kappa shape index (κ1) is 20.2. The van der Waals surface area contributed by atoms with Gasteiger partial charge in [-0.25, -0.2) is 4.39 Å². The topological polar surface area (TPSA) is 50.5 Å². The second-order valence-corrected chi connectivity index (χ2v) is 8.51. The van der Waals surface area contributed by atoms with Crippen LogP contribution in [0.1, 0.15) is 50.0 Å².